The molecular weight excluding hydrogens is 685 g/mol. The summed E-state index contributed by atoms with van der Waals surface area (Å²) in [5.41, 5.74) is 13.9. The molecule has 0 bridgehead atoms. The second-order valence-electron chi connectivity index (χ2n) is 17.0. The second-order valence-corrected chi connectivity index (χ2v) is 17.0. The molecule has 272 valence electrons. The number of morpholine rings is 1. The van der Waals surface area contributed by atoms with E-state index in [4.69, 9.17) is 9.47 Å². The van der Waals surface area contributed by atoms with Crippen molar-refractivity contribution in [2.75, 3.05) is 31.2 Å². The Morgan fingerprint density at radius 3 is 2.05 bits per heavy atom. The molecule has 0 saturated carbocycles. The first-order valence-corrected chi connectivity index (χ1v) is 19.8. The number of benzene rings is 7. The Bertz CT molecular complexity index is 2890. The topological polar surface area (TPSA) is 45.5 Å². The van der Waals surface area contributed by atoms with Gasteiger partial charge in [-0.05, 0) is 109 Å². The third kappa shape index (κ3) is 4.50. The Hall–Kier alpha value is -6.15. The number of ether oxygens (including phenoxy) is 2. The van der Waals surface area contributed by atoms with E-state index in [-0.39, 0.29) is 10.8 Å². The molecule has 2 aliphatic heterocycles. The van der Waals surface area contributed by atoms with Crippen LogP contribution in [0, 0.1) is 11.3 Å². The van der Waals surface area contributed by atoms with Crippen molar-refractivity contribution in [2.24, 2.45) is 0 Å². The molecule has 1 saturated heterocycles. The van der Waals surface area contributed by atoms with Crippen LogP contribution >= 0.6 is 0 Å². The van der Waals surface area contributed by atoms with Crippen LogP contribution < -0.4 is 9.64 Å². The van der Waals surface area contributed by atoms with Crippen LogP contribution in [0.4, 0.5) is 5.69 Å². The number of fused-ring (bicyclic) bond motifs is 12. The van der Waals surface area contributed by atoms with E-state index in [0.717, 1.165) is 54.1 Å². The van der Waals surface area contributed by atoms with Gasteiger partial charge in [-0.1, -0.05) is 113 Å². The van der Waals surface area contributed by atoms with Gasteiger partial charge in [-0.3, -0.25) is 0 Å². The third-order valence-corrected chi connectivity index (χ3v) is 13.3. The number of rotatable bonds is 3. The molecule has 0 spiro atoms. The Labute approximate surface area is 328 Å². The van der Waals surface area contributed by atoms with Crippen LogP contribution in [-0.2, 0) is 21.2 Å². The van der Waals surface area contributed by atoms with Gasteiger partial charge in [0.1, 0.15) is 5.75 Å². The van der Waals surface area contributed by atoms with Crippen molar-refractivity contribution in [1.82, 2.24) is 0 Å². The van der Waals surface area contributed by atoms with E-state index >= 15 is 0 Å². The van der Waals surface area contributed by atoms with E-state index in [9.17, 15) is 5.26 Å². The first kappa shape index (κ1) is 33.2. The summed E-state index contributed by atoms with van der Waals surface area (Å²) >= 11 is 0. The predicted octanol–water partition coefficient (Wildman–Crippen LogP) is 11.7. The van der Waals surface area contributed by atoms with E-state index in [1.165, 1.54) is 66.4 Å². The van der Waals surface area contributed by atoms with Crippen LogP contribution in [0.3, 0.4) is 0 Å². The SMILES string of the molecule is CC1(C)c2cc(C3(c4ccc(N5CCOCC5)cc4)C=Cc4c5c(c6ccccc6c4O3)-c3ccc(C#N)cc3C5(C)C)ccc2-c2cc3ccccc3cc21. The fourth-order valence-corrected chi connectivity index (χ4v) is 10.4. The van der Waals surface area contributed by atoms with Crippen molar-refractivity contribution in [2.45, 2.75) is 44.1 Å². The maximum Gasteiger partial charge on any atom is 0.178 e. The van der Waals surface area contributed by atoms with Crippen LogP contribution in [0.1, 0.15) is 72.2 Å². The molecule has 4 aliphatic rings. The van der Waals surface area contributed by atoms with Gasteiger partial charge < -0.3 is 14.4 Å². The van der Waals surface area contributed by atoms with Gasteiger partial charge in [0.05, 0.1) is 24.8 Å². The van der Waals surface area contributed by atoms with Crippen LogP contribution in [0.25, 0.3) is 49.9 Å². The Balaban J connectivity index is 1.13. The molecule has 56 heavy (non-hydrogen) atoms. The van der Waals surface area contributed by atoms with Gasteiger partial charge in [-0.15, -0.1) is 0 Å². The van der Waals surface area contributed by atoms with Crippen LogP contribution in [-0.4, -0.2) is 26.3 Å². The third-order valence-electron chi connectivity index (χ3n) is 13.3. The highest BCUT2D eigenvalue weighted by molar-refractivity contribution is 6.08. The van der Waals surface area contributed by atoms with E-state index < -0.39 is 5.60 Å². The summed E-state index contributed by atoms with van der Waals surface area (Å²) in [4.78, 5) is 2.40. The molecule has 0 radical (unpaired) electrons. The number of nitriles is 1. The van der Waals surface area contributed by atoms with Crippen molar-refractivity contribution >= 4 is 33.3 Å². The number of hydrogen-bond donors (Lipinski definition) is 0. The van der Waals surface area contributed by atoms with Gasteiger partial charge in [-0.25, -0.2) is 0 Å². The van der Waals surface area contributed by atoms with Crippen LogP contribution in [0.2, 0.25) is 0 Å². The molecule has 1 fully saturated rings. The maximum atomic E-state index is 9.88. The Kier molecular flexibility index (Phi) is 6.93. The highest BCUT2D eigenvalue weighted by Gasteiger charge is 2.45. The molecule has 2 heterocycles. The fraction of sp³-hybridized carbons (Fsp3) is 0.212. The minimum Gasteiger partial charge on any atom is -0.472 e. The van der Waals surface area contributed by atoms with Crippen molar-refractivity contribution in [3.63, 3.8) is 0 Å². The molecular formula is C52H42N2O2. The largest absolute Gasteiger partial charge is 0.472 e. The van der Waals surface area contributed by atoms with Crippen molar-refractivity contribution in [3.8, 4) is 34.1 Å². The summed E-state index contributed by atoms with van der Waals surface area (Å²) in [7, 11) is 0. The molecule has 1 atom stereocenters. The molecule has 7 aromatic carbocycles. The van der Waals surface area contributed by atoms with E-state index in [2.05, 4.69) is 166 Å². The molecule has 2 aliphatic carbocycles. The predicted molar refractivity (Wildman–Crippen MR) is 228 cm³/mol. The minimum atomic E-state index is -0.901. The molecule has 11 rings (SSSR count). The van der Waals surface area contributed by atoms with Gasteiger partial charge in [0.25, 0.3) is 0 Å². The van der Waals surface area contributed by atoms with Gasteiger partial charge in [0, 0.05) is 51.7 Å². The van der Waals surface area contributed by atoms with E-state index in [1.54, 1.807) is 0 Å². The lowest BCUT2D eigenvalue weighted by Crippen LogP contribution is -2.37. The monoisotopic (exact) mass is 726 g/mol. The molecule has 4 nitrogen and oxygen atoms in total. The lowest BCUT2D eigenvalue weighted by molar-refractivity contribution is 0.122. The maximum absolute atomic E-state index is 9.88. The van der Waals surface area contributed by atoms with Gasteiger partial charge in [0.2, 0.25) is 0 Å². The lowest BCUT2D eigenvalue weighted by Gasteiger charge is -2.39. The highest BCUT2D eigenvalue weighted by Crippen LogP contribution is 2.59. The fourth-order valence-electron chi connectivity index (χ4n) is 10.4. The number of hydrogen-bond acceptors (Lipinski definition) is 4. The summed E-state index contributed by atoms with van der Waals surface area (Å²) in [6.45, 7) is 12.6. The normalized spacial score (nSPS) is 19.4. The standard InChI is InChI=1S/C52H42N2O2/c1-50(2)45-29-34-10-6-5-9-33(34)28-43(45)38-20-16-36(30-46(38)50)52(35-14-17-37(18-15-35)54-23-25-55-26-24-54)22-21-42-48-47(39-11-7-8-12-40(39)49(42)56-52)41-19-13-32(31-53)27-44(41)51(48,3)4/h5-22,27-30H,23-26H2,1-4H3. The Morgan fingerprint density at radius 1 is 0.625 bits per heavy atom. The summed E-state index contributed by atoms with van der Waals surface area (Å²) in [5.74, 6) is 0.898. The molecule has 0 N–H and O–H groups in total. The average molecular weight is 727 g/mol. The zero-order chi connectivity index (χ0) is 38.0. The van der Waals surface area contributed by atoms with E-state index in [0.29, 0.717) is 5.56 Å². The summed E-state index contributed by atoms with van der Waals surface area (Å²) in [5, 5.41) is 14.7. The van der Waals surface area contributed by atoms with Crippen LogP contribution in [0.15, 0.2) is 127 Å². The van der Waals surface area contributed by atoms with Gasteiger partial charge >= 0.3 is 0 Å². The van der Waals surface area contributed by atoms with Gasteiger partial charge in [0.15, 0.2) is 5.60 Å². The highest BCUT2D eigenvalue weighted by atomic mass is 16.5. The van der Waals surface area contributed by atoms with Gasteiger partial charge in [-0.2, -0.15) is 5.26 Å². The smallest absolute Gasteiger partial charge is 0.178 e. The second kappa shape index (κ2) is 11.7. The van der Waals surface area contributed by atoms with E-state index in [1.807, 2.05) is 6.07 Å². The first-order chi connectivity index (χ1) is 27.2. The average Bonchev–Trinajstić information content (AvgIpc) is 3.61. The molecule has 1 unspecified atom stereocenters. The summed E-state index contributed by atoms with van der Waals surface area (Å²) in [6.07, 6.45) is 4.64. The van der Waals surface area contributed by atoms with Crippen LogP contribution in [0.5, 0.6) is 5.75 Å². The molecule has 7 aromatic rings. The number of anilines is 1. The first-order valence-electron chi connectivity index (χ1n) is 19.8. The quantitative estimate of drug-likeness (QED) is 0.182. The Morgan fingerprint density at radius 2 is 1.29 bits per heavy atom. The molecule has 4 heteroatoms. The minimum absolute atomic E-state index is 0.200. The lowest BCUT2D eigenvalue weighted by atomic mass is 9.75. The zero-order valence-corrected chi connectivity index (χ0v) is 32.2. The number of nitrogens with zero attached hydrogens (tertiary/aromatic N) is 2. The molecule has 0 aromatic heterocycles. The van der Waals surface area contributed by atoms with Crippen molar-refractivity contribution in [3.05, 3.63) is 172 Å². The summed E-state index contributed by atoms with van der Waals surface area (Å²) < 4.78 is 13.4. The van der Waals surface area contributed by atoms with Crippen molar-refractivity contribution < 1.29 is 9.47 Å². The molecule has 0 amide bonds. The zero-order valence-electron chi connectivity index (χ0n) is 32.2. The summed E-state index contributed by atoms with van der Waals surface area (Å²) in [6, 6.07) is 46.8. The van der Waals surface area contributed by atoms with Crippen molar-refractivity contribution in [1.29, 1.82) is 5.26 Å².